The van der Waals surface area contributed by atoms with Crippen molar-refractivity contribution >= 4 is 17.6 Å². The monoisotopic (exact) mass is 282 g/mol. The summed E-state index contributed by atoms with van der Waals surface area (Å²) in [6.07, 6.45) is 0. The van der Waals surface area contributed by atoms with Gasteiger partial charge in [-0.05, 0) is 13.0 Å². The number of alkyl halides is 3. The first-order valence-corrected chi connectivity index (χ1v) is 5.53. The molecule has 1 aromatic rings. The topological polar surface area (TPSA) is 35.5 Å². The van der Waals surface area contributed by atoms with Crippen molar-refractivity contribution in [3.05, 3.63) is 29.1 Å². The SMILES string of the molecule is CCOC(=O)c1cc(F)cc(OC(F)F)c1CCl. The summed E-state index contributed by atoms with van der Waals surface area (Å²) in [4.78, 5) is 11.5. The van der Waals surface area contributed by atoms with Gasteiger partial charge >= 0.3 is 12.6 Å². The molecule has 1 rings (SSSR count). The molecule has 0 saturated carbocycles. The summed E-state index contributed by atoms with van der Waals surface area (Å²) in [5.41, 5.74) is -0.251. The number of halogens is 4. The number of carbonyl (C=O) groups is 1. The molecule has 0 aromatic heterocycles. The van der Waals surface area contributed by atoms with E-state index in [1.54, 1.807) is 6.92 Å². The van der Waals surface area contributed by atoms with Gasteiger partial charge in [0.25, 0.3) is 0 Å². The highest BCUT2D eigenvalue weighted by atomic mass is 35.5. The maximum Gasteiger partial charge on any atom is 0.387 e. The second-order valence-corrected chi connectivity index (χ2v) is 3.43. The Balaban J connectivity index is 3.23. The molecular formula is C11H10ClF3O3. The van der Waals surface area contributed by atoms with Crippen molar-refractivity contribution in [3.8, 4) is 5.75 Å². The van der Waals surface area contributed by atoms with Crippen LogP contribution in [0.25, 0.3) is 0 Å². The maximum absolute atomic E-state index is 13.2. The molecule has 0 aliphatic rings. The summed E-state index contributed by atoms with van der Waals surface area (Å²) in [5.74, 6) is -2.48. The number of hydrogen-bond donors (Lipinski definition) is 0. The Labute approximate surface area is 106 Å². The summed E-state index contributed by atoms with van der Waals surface area (Å²) >= 11 is 5.56. The second kappa shape index (κ2) is 6.49. The van der Waals surface area contributed by atoms with E-state index in [4.69, 9.17) is 11.6 Å². The van der Waals surface area contributed by atoms with Gasteiger partial charge in [0.05, 0.1) is 18.1 Å². The van der Waals surface area contributed by atoms with Gasteiger partial charge in [-0.1, -0.05) is 0 Å². The van der Waals surface area contributed by atoms with Crippen LogP contribution in [0, 0.1) is 5.82 Å². The molecule has 7 heteroatoms. The Bertz CT molecular complexity index is 438. The minimum absolute atomic E-state index is 0.0307. The second-order valence-electron chi connectivity index (χ2n) is 3.16. The summed E-state index contributed by atoms with van der Waals surface area (Å²) in [5, 5.41) is 0. The van der Waals surface area contributed by atoms with Gasteiger partial charge in [0.2, 0.25) is 0 Å². The van der Waals surface area contributed by atoms with Crippen LogP contribution >= 0.6 is 11.6 Å². The molecule has 0 radical (unpaired) electrons. The first-order valence-electron chi connectivity index (χ1n) is 4.99. The number of esters is 1. The zero-order valence-electron chi connectivity index (χ0n) is 9.38. The summed E-state index contributed by atoms with van der Waals surface area (Å²) in [6.45, 7) is -1.50. The van der Waals surface area contributed by atoms with Crippen LogP contribution in [0.2, 0.25) is 0 Å². The van der Waals surface area contributed by atoms with Gasteiger partial charge in [-0.15, -0.1) is 11.6 Å². The highest BCUT2D eigenvalue weighted by Crippen LogP contribution is 2.28. The lowest BCUT2D eigenvalue weighted by molar-refractivity contribution is -0.0505. The number of benzene rings is 1. The van der Waals surface area contributed by atoms with Gasteiger partial charge in [0.1, 0.15) is 11.6 Å². The number of hydrogen-bond acceptors (Lipinski definition) is 3. The van der Waals surface area contributed by atoms with Crippen LogP contribution < -0.4 is 4.74 Å². The molecule has 100 valence electrons. The van der Waals surface area contributed by atoms with E-state index < -0.39 is 24.1 Å². The highest BCUT2D eigenvalue weighted by molar-refractivity contribution is 6.18. The normalized spacial score (nSPS) is 10.6. The number of carbonyl (C=O) groups excluding carboxylic acids is 1. The van der Waals surface area contributed by atoms with Crippen LogP contribution in [-0.2, 0) is 10.6 Å². The Hall–Kier alpha value is -1.43. The van der Waals surface area contributed by atoms with Crippen molar-refractivity contribution in [1.29, 1.82) is 0 Å². The van der Waals surface area contributed by atoms with Gasteiger partial charge < -0.3 is 9.47 Å². The average Bonchev–Trinajstić information content (AvgIpc) is 2.27. The van der Waals surface area contributed by atoms with Crippen LogP contribution in [0.3, 0.4) is 0 Å². The largest absolute Gasteiger partial charge is 0.462 e. The predicted molar refractivity (Wildman–Crippen MR) is 58.5 cm³/mol. The van der Waals surface area contributed by atoms with Crippen LogP contribution in [0.5, 0.6) is 5.75 Å². The number of rotatable bonds is 5. The fourth-order valence-corrected chi connectivity index (χ4v) is 1.62. The zero-order chi connectivity index (χ0) is 13.7. The minimum atomic E-state index is -3.14. The van der Waals surface area contributed by atoms with Crippen LogP contribution in [-0.4, -0.2) is 19.2 Å². The maximum atomic E-state index is 13.2. The zero-order valence-corrected chi connectivity index (χ0v) is 10.1. The van der Waals surface area contributed by atoms with Gasteiger partial charge in [0, 0.05) is 11.6 Å². The van der Waals surface area contributed by atoms with E-state index in [-0.39, 0.29) is 23.6 Å². The minimum Gasteiger partial charge on any atom is -0.462 e. The first-order chi connectivity index (χ1) is 8.49. The van der Waals surface area contributed by atoms with Crippen molar-refractivity contribution in [3.63, 3.8) is 0 Å². The van der Waals surface area contributed by atoms with Crippen molar-refractivity contribution in [2.75, 3.05) is 6.61 Å². The Morgan fingerprint density at radius 3 is 2.61 bits per heavy atom. The Kier molecular flexibility index (Phi) is 5.27. The lowest BCUT2D eigenvalue weighted by atomic mass is 10.1. The van der Waals surface area contributed by atoms with Crippen molar-refractivity contribution in [1.82, 2.24) is 0 Å². The lowest BCUT2D eigenvalue weighted by Gasteiger charge is -2.13. The van der Waals surface area contributed by atoms with Gasteiger partial charge in [-0.2, -0.15) is 8.78 Å². The third kappa shape index (κ3) is 3.53. The molecule has 0 heterocycles. The molecule has 1 aromatic carbocycles. The van der Waals surface area contributed by atoms with Crippen molar-refractivity contribution < 1.29 is 27.4 Å². The van der Waals surface area contributed by atoms with E-state index in [2.05, 4.69) is 9.47 Å². The molecule has 0 unspecified atom stereocenters. The molecule has 0 aliphatic heterocycles. The average molecular weight is 283 g/mol. The Morgan fingerprint density at radius 2 is 2.11 bits per heavy atom. The van der Waals surface area contributed by atoms with E-state index in [1.165, 1.54) is 0 Å². The molecule has 18 heavy (non-hydrogen) atoms. The van der Waals surface area contributed by atoms with E-state index in [0.717, 1.165) is 12.1 Å². The highest BCUT2D eigenvalue weighted by Gasteiger charge is 2.20. The fourth-order valence-electron chi connectivity index (χ4n) is 1.34. The molecule has 3 nitrogen and oxygen atoms in total. The summed E-state index contributed by atoms with van der Waals surface area (Å²) in [6, 6.07) is 1.61. The predicted octanol–water partition coefficient (Wildman–Crippen LogP) is 3.34. The number of ether oxygens (including phenoxy) is 2. The fraction of sp³-hybridized carbons (Fsp3) is 0.364. The summed E-state index contributed by atoms with van der Waals surface area (Å²) < 4.78 is 46.3. The molecule has 0 bridgehead atoms. The van der Waals surface area contributed by atoms with Crippen molar-refractivity contribution in [2.24, 2.45) is 0 Å². The van der Waals surface area contributed by atoms with Gasteiger partial charge in [0.15, 0.2) is 0 Å². The molecular weight excluding hydrogens is 273 g/mol. The molecule has 0 saturated heterocycles. The van der Waals surface area contributed by atoms with Gasteiger partial charge in [-0.3, -0.25) is 0 Å². The summed E-state index contributed by atoms with van der Waals surface area (Å²) in [7, 11) is 0. The van der Waals surface area contributed by atoms with Crippen molar-refractivity contribution in [2.45, 2.75) is 19.4 Å². The smallest absolute Gasteiger partial charge is 0.387 e. The van der Waals surface area contributed by atoms with E-state index in [1.807, 2.05) is 0 Å². The molecule has 0 fully saturated rings. The molecule has 0 aliphatic carbocycles. The van der Waals surface area contributed by atoms with Crippen LogP contribution in [0.15, 0.2) is 12.1 Å². The lowest BCUT2D eigenvalue weighted by Crippen LogP contribution is -2.11. The third-order valence-electron chi connectivity index (χ3n) is 2.02. The standard InChI is InChI=1S/C11H10ClF3O3/c1-2-17-10(16)7-3-6(13)4-9(8(7)5-12)18-11(14)15/h3-4,11H,2,5H2,1H3. The molecule has 0 amide bonds. The van der Waals surface area contributed by atoms with Crippen LogP contribution in [0.4, 0.5) is 13.2 Å². The van der Waals surface area contributed by atoms with E-state index >= 15 is 0 Å². The third-order valence-corrected chi connectivity index (χ3v) is 2.29. The molecule has 0 spiro atoms. The molecule has 0 atom stereocenters. The van der Waals surface area contributed by atoms with Crippen LogP contribution in [0.1, 0.15) is 22.8 Å². The Morgan fingerprint density at radius 1 is 1.44 bits per heavy atom. The molecule has 0 N–H and O–H groups in total. The quantitative estimate of drug-likeness (QED) is 0.614. The van der Waals surface area contributed by atoms with E-state index in [0.29, 0.717) is 0 Å². The first kappa shape index (κ1) is 14.6. The van der Waals surface area contributed by atoms with Gasteiger partial charge in [-0.25, -0.2) is 9.18 Å². The van der Waals surface area contributed by atoms with E-state index in [9.17, 15) is 18.0 Å².